The number of hydrogen-bond acceptors (Lipinski definition) is 4. The number of carbonyl (C=O) groups excluding carboxylic acids is 1. The number of carbonyl (C=O) groups is 1. The first-order chi connectivity index (χ1) is 7.13. The van der Waals surface area contributed by atoms with E-state index in [1.54, 1.807) is 12.2 Å². The van der Waals surface area contributed by atoms with Crippen LogP contribution >= 0.6 is 12.2 Å². The van der Waals surface area contributed by atoms with Gasteiger partial charge in [0.1, 0.15) is 5.76 Å². The summed E-state index contributed by atoms with van der Waals surface area (Å²) in [5.74, 6) is -0.00551. The van der Waals surface area contributed by atoms with Crippen LogP contribution in [0.1, 0.15) is 26.2 Å². The van der Waals surface area contributed by atoms with E-state index in [0.717, 1.165) is 0 Å². The number of thiocarbonyl (C=S) groups is 1. The van der Waals surface area contributed by atoms with Crippen LogP contribution in [0.5, 0.6) is 0 Å². The Bertz CT molecular complexity index is 318. The van der Waals surface area contributed by atoms with Gasteiger partial charge in [0.05, 0.1) is 17.4 Å². The normalized spacial score (nSPS) is 17.2. The van der Waals surface area contributed by atoms with Crippen molar-refractivity contribution in [3.8, 4) is 0 Å². The molecule has 0 aromatic carbocycles. The second kappa shape index (κ2) is 5.78. The summed E-state index contributed by atoms with van der Waals surface area (Å²) in [6.45, 7) is 1.81. The van der Waals surface area contributed by atoms with E-state index in [4.69, 9.17) is 17.0 Å². The van der Waals surface area contributed by atoms with Crippen LogP contribution in [0.4, 0.5) is 0 Å². The fourth-order valence-electron chi connectivity index (χ4n) is 1.12. The monoisotopic (exact) mass is 226 g/mol. The highest BCUT2D eigenvalue weighted by Crippen LogP contribution is 2.13. The summed E-state index contributed by atoms with van der Waals surface area (Å²) >= 11 is 5.03. The predicted molar refractivity (Wildman–Crippen MR) is 61.4 cm³/mol. The molecule has 0 heterocycles. The zero-order chi connectivity index (χ0) is 11.3. The van der Waals surface area contributed by atoms with Gasteiger partial charge >= 0.3 is 5.97 Å². The van der Waals surface area contributed by atoms with E-state index in [-0.39, 0.29) is 6.42 Å². The number of rotatable bonds is 4. The molecular formula is C11H14O3S. The number of allylic oxidation sites excluding steroid dienone is 4. The highest BCUT2D eigenvalue weighted by molar-refractivity contribution is 7.80. The molecule has 1 N–H and O–H groups in total. The molecule has 1 atom stereocenters. The van der Waals surface area contributed by atoms with Gasteiger partial charge in [-0.1, -0.05) is 31.3 Å². The second-order valence-corrected chi connectivity index (χ2v) is 3.82. The number of aliphatic hydroxyl groups excluding tert-OH is 1. The molecule has 0 aromatic heterocycles. The summed E-state index contributed by atoms with van der Waals surface area (Å²) in [7, 11) is 0. The van der Waals surface area contributed by atoms with Gasteiger partial charge in [-0.2, -0.15) is 0 Å². The lowest BCUT2D eigenvalue weighted by atomic mass is 10.1. The molecule has 1 rings (SSSR count). The smallest absolute Gasteiger partial charge is 0.313 e. The lowest BCUT2D eigenvalue weighted by Gasteiger charge is -2.12. The third kappa shape index (κ3) is 3.93. The Hall–Kier alpha value is -1.00. The van der Waals surface area contributed by atoms with Gasteiger partial charge in [-0.25, -0.2) is 0 Å². The van der Waals surface area contributed by atoms with E-state index in [1.165, 1.54) is 0 Å². The molecule has 0 fully saturated rings. The third-order valence-electron chi connectivity index (χ3n) is 2.06. The van der Waals surface area contributed by atoms with Crippen molar-refractivity contribution in [2.45, 2.75) is 32.3 Å². The van der Waals surface area contributed by atoms with Crippen LogP contribution in [0.15, 0.2) is 24.0 Å². The number of hydrogen-bond donors (Lipinski definition) is 1. The lowest BCUT2D eigenvalue weighted by molar-refractivity contribution is -0.140. The van der Waals surface area contributed by atoms with E-state index in [0.29, 0.717) is 23.5 Å². The Morgan fingerprint density at radius 3 is 3.07 bits per heavy atom. The zero-order valence-corrected chi connectivity index (χ0v) is 9.42. The van der Waals surface area contributed by atoms with Crippen molar-refractivity contribution in [2.75, 3.05) is 0 Å². The standard InChI is InChI=1S/C11H14O3S/c1-2-8(12)7-11(13)14-9-5-3-4-6-10(9)15/h3-5,8,12H,2,6-7H2,1H3. The van der Waals surface area contributed by atoms with Gasteiger partial charge in [0.2, 0.25) is 0 Å². The topological polar surface area (TPSA) is 46.5 Å². The van der Waals surface area contributed by atoms with Crippen molar-refractivity contribution < 1.29 is 14.6 Å². The maximum atomic E-state index is 11.3. The molecule has 1 aliphatic carbocycles. The number of esters is 1. The Labute approximate surface area is 94.4 Å². The average molecular weight is 226 g/mol. The lowest BCUT2D eigenvalue weighted by Crippen LogP contribution is -2.17. The molecule has 0 saturated heterocycles. The van der Waals surface area contributed by atoms with Crippen LogP contribution in [-0.4, -0.2) is 22.0 Å². The molecule has 15 heavy (non-hydrogen) atoms. The average Bonchev–Trinajstić information content (AvgIpc) is 2.21. The molecule has 0 radical (unpaired) electrons. The van der Waals surface area contributed by atoms with Crippen LogP contribution in [-0.2, 0) is 9.53 Å². The SMILES string of the molecule is CCC(O)CC(=O)OC1=CC=CCC1=S. The van der Waals surface area contributed by atoms with Gasteiger partial charge < -0.3 is 9.84 Å². The predicted octanol–water partition coefficient (Wildman–Crippen LogP) is 1.90. The maximum absolute atomic E-state index is 11.3. The van der Waals surface area contributed by atoms with E-state index in [9.17, 15) is 9.90 Å². The van der Waals surface area contributed by atoms with Crippen LogP contribution in [0.25, 0.3) is 0 Å². The Kier molecular flexibility index (Phi) is 4.65. The number of aliphatic hydroxyl groups is 1. The highest BCUT2D eigenvalue weighted by Gasteiger charge is 2.15. The first-order valence-corrected chi connectivity index (χ1v) is 5.33. The van der Waals surface area contributed by atoms with E-state index in [1.807, 2.05) is 13.0 Å². The second-order valence-electron chi connectivity index (χ2n) is 3.33. The molecule has 0 saturated carbocycles. The van der Waals surface area contributed by atoms with Crippen LogP contribution < -0.4 is 0 Å². The molecule has 0 aliphatic heterocycles. The summed E-state index contributed by atoms with van der Waals surface area (Å²) in [5, 5.41) is 9.26. The Balaban J connectivity index is 2.47. The summed E-state index contributed by atoms with van der Waals surface area (Å²) in [6.07, 6.45) is 5.92. The van der Waals surface area contributed by atoms with Crippen LogP contribution in [0.3, 0.4) is 0 Å². The molecular weight excluding hydrogens is 212 g/mol. The summed E-state index contributed by atoms with van der Waals surface area (Å²) in [6, 6.07) is 0. The quantitative estimate of drug-likeness (QED) is 0.587. The fraction of sp³-hybridized carbons (Fsp3) is 0.455. The van der Waals surface area contributed by atoms with Crippen molar-refractivity contribution in [3.63, 3.8) is 0 Å². The molecule has 4 heteroatoms. The first-order valence-electron chi connectivity index (χ1n) is 4.92. The van der Waals surface area contributed by atoms with Gasteiger partial charge in [0, 0.05) is 6.42 Å². The summed E-state index contributed by atoms with van der Waals surface area (Å²) in [5.41, 5.74) is 0. The largest absolute Gasteiger partial charge is 0.425 e. The van der Waals surface area contributed by atoms with Gasteiger partial charge in [-0.15, -0.1) is 0 Å². The summed E-state index contributed by atoms with van der Waals surface area (Å²) in [4.78, 5) is 11.9. The minimum atomic E-state index is -0.634. The van der Waals surface area contributed by atoms with Gasteiger partial charge in [0.15, 0.2) is 0 Å². The van der Waals surface area contributed by atoms with Crippen molar-refractivity contribution in [1.29, 1.82) is 0 Å². The highest BCUT2D eigenvalue weighted by atomic mass is 32.1. The molecule has 0 spiro atoms. The Morgan fingerprint density at radius 2 is 2.47 bits per heavy atom. The number of ether oxygens (including phenoxy) is 1. The van der Waals surface area contributed by atoms with E-state index < -0.39 is 12.1 Å². The van der Waals surface area contributed by atoms with E-state index in [2.05, 4.69) is 0 Å². The molecule has 82 valence electrons. The molecule has 3 nitrogen and oxygen atoms in total. The van der Waals surface area contributed by atoms with Crippen LogP contribution in [0.2, 0.25) is 0 Å². The van der Waals surface area contributed by atoms with E-state index >= 15 is 0 Å². The Morgan fingerprint density at radius 1 is 1.73 bits per heavy atom. The zero-order valence-electron chi connectivity index (χ0n) is 8.60. The minimum absolute atomic E-state index is 0.0141. The van der Waals surface area contributed by atoms with Gasteiger partial charge in [-0.3, -0.25) is 4.79 Å². The van der Waals surface area contributed by atoms with Gasteiger partial charge in [-0.05, 0) is 12.5 Å². The van der Waals surface area contributed by atoms with Crippen molar-refractivity contribution in [3.05, 3.63) is 24.0 Å². The van der Waals surface area contributed by atoms with Crippen molar-refractivity contribution >= 4 is 23.1 Å². The molecule has 1 unspecified atom stereocenters. The molecule has 0 aromatic rings. The molecule has 0 bridgehead atoms. The maximum Gasteiger partial charge on any atom is 0.313 e. The fourth-order valence-corrected chi connectivity index (χ4v) is 1.32. The van der Waals surface area contributed by atoms with Gasteiger partial charge in [0.25, 0.3) is 0 Å². The molecule has 0 amide bonds. The summed E-state index contributed by atoms with van der Waals surface area (Å²) < 4.78 is 5.05. The van der Waals surface area contributed by atoms with Crippen molar-refractivity contribution in [2.24, 2.45) is 0 Å². The first kappa shape index (κ1) is 12.1. The molecule has 1 aliphatic rings. The van der Waals surface area contributed by atoms with Crippen molar-refractivity contribution in [1.82, 2.24) is 0 Å². The minimum Gasteiger partial charge on any atom is -0.425 e. The van der Waals surface area contributed by atoms with Crippen LogP contribution in [0, 0.1) is 0 Å². The third-order valence-corrected chi connectivity index (χ3v) is 2.43.